The standard InChI is InChI=1S/C14H19N3S/c1-10-7-5-6-8-12(10)17(4)14-16-9-13(18-14)11(2)15-3/h5-9,11,15H,1-4H3. The first-order chi connectivity index (χ1) is 8.63. The SMILES string of the molecule is CNC(C)c1cnc(N(C)c2ccccc2C)s1. The van der Waals surface area contributed by atoms with Gasteiger partial charge < -0.3 is 10.2 Å². The molecule has 0 saturated heterocycles. The fourth-order valence-corrected chi connectivity index (χ4v) is 2.77. The minimum atomic E-state index is 0.349. The molecule has 1 aromatic carbocycles. The summed E-state index contributed by atoms with van der Waals surface area (Å²) in [5.41, 5.74) is 2.47. The van der Waals surface area contributed by atoms with Gasteiger partial charge in [0.1, 0.15) is 0 Å². The number of benzene rings is 1. The zero-order chi connectivity index (χ0) is 13.1. The van der Waals surface area contributed by atoms with Crippen molar-refractivity contribution in [3.05, 3.63) is 40.9 Å². The van der Waals surface area contributed by atoms with Gasteiger partial charge in [0.05, 0.1) is 0 Å². The molecule has 3 nitrogen and oxygen atoms in total. The van der Waals surface area contributed by atoms with Gasteiger partial charge in [0.15, 0.2) is 5.13 Å². The third-order valence-corrected chi connectivity index (χ3v) is 4.39. The minimum Gasteiger partial charge on any atom is -0.321 e. The lowest BCUT2D eigenvalue weighted by Crippen LogP contribution is -2.11. The first kappa shape index (κ1) is 13.1. The quantitative estimate of drug-likeness (QED) is 0.913. The second kappa shape index (κ2) is 5.50. The van der Waals surface area contributed by atoms with Gasteiger partial charge in [-0.2, -0.15) is 0 Å². The van der Waals surface area contributed by atoms with Gasteiger partial charge in [-0.05, 0) is 32.5 Å². The van der Waals surface area contributed by atoms with E-state index in [0.717, 1.165) is 5.13 Å². The summed E-state index contributed by atoms with van der Waals surface area (Å²) in [7, 11) is 4.03. The third kappa shape index (κ3) is 2.54. The average molecular weight is 261 g/mol. The Morgan fingerprint density at radius 1 is 1.33 bits per heavy atom. The predicted octanol–water partition coefficient (Wildman–Crippen LogP) is 3.50. The fourth-order valence-electron chi connectivity index (χ4n) is 1.82. The lowest BCUT2D eigenvalue weighted by atomic mass is 10.2. The molecule has 0 aliphatic heterocycles. The molecule has 0 saturated carbocycles. The van der Waals surface area contributed by atoms with E-state index in [0.29, 0.717) is 6.04 Å². The summed E-state index contributed by atoms with van der Waals surface area (Å²) in [4.78, 5) is 7.91. The molecule has 2 rings (SSSR count). The second-order valence-electron chi connectivity index (χ2n) is 4.40. The van der Waals surface area contributed by atoms with E-state index in [1.54, 1.807) is 11.3 Å². The first-order valence-electron chi connectivity index (χ1n) is 6.06. The number of nitrogens with one attached hydrogen (secondary N) is 1. The van der Waals surface area contributed by atoms with Gasteiger partial charge in [0.25, 0.3) is 0 Å². The highest BCUT2D eigenvalue weighted by Gasteiger charge is 2.13. The van der Waals surface area contributed by atoms with E-state index in [1.807, 2.05) is 13.2 Å². The fraction of sp³-hybridized carbons (Fsp3) is 0.357. The smallest absolute Gasteiger partial charge is 0.189 e. The summed E-state index contributed by atoms with van der Waals surface area (Å²) in [5, 5.41) is 4.27. The van der Waals surface area contributed by atoms with Crippen LogP contribution < -0.4 is 10.2 Å². The van der Waals surface area contributed by atoms with Crippen molar-refractivity contribution in [1.82, 2.24) is 10.3 Å². The summed E-state index contributed by atoms with van der Waals surface area (Å²) in [6.07, 6.45) is 1.95. The predicted molar refractivity (Wildman–Crippen MR) is 78.8 cm³/mol. The molecule has 0 aliphatic rings. The van der Waals surface area contributed by atoms with Crippen molar-refractivity contribution in [2.75, 3.05) is 19.0 Å². The Balaban J connectivity index is 2.27. The van der Waals surface area contributed by atoms with Gasteiger partial charge in [-0.25, -0.2) is 4.98 Å². The number of aromatic nitrogens is 1. The van der Waals surface area contributed by atoms with Crippen molar-refractivity contribution < 1.29 is 0 Å². The lowest BCUT2D eigenvalue weighted by Gasteiger charge is -2.18. The zero-order valence-electron chi connectivity index (χ0n) is 11.3. The van der Waals surface area contributed by atoms with Crippen LogP contribution in [0, 0.1) is 6.92 Å². The number of rotatable bonds is 4. The Bertz CT molecular complexity index is 521. The van der Waals surface area contributed by atoms with Crippen LogP contribution in [0.2, 0.25) is 0 Å². The lowest BCUT2D eigenvalue weighted by molar-refractivity contribution is 0.662. The van der Waals surface area contributed by atoms with Crippen molar-refractivity contribution in [2.45, 2.75) is 19.9 Å². The Hall–Kier alpha value is -1.39. The number of para-hydroxylation sites is 1. The molecule has 4 heteroatoms. The second-order valence-corrected chi connectivity index (χ2v) is 5.44. The molecule has 96 valence electrons. The largest absolute Gasteiger partial charge is 0.321 e. The molecule has 0 amide bonds. The van der Waals surface area contributed by atoms with E-state index in [4.69, 9.17) is 0 Å². The van der Waals surface area contributed by atoms with Gasteiger partial charge in [0, 0.05) is 29.9 Å². The van der Waals surface area contributed by atoms with Crippen LogP contribution in [0.3, 0.4) is 0 Å². The van der Waals surface area contributed by atoms with Crippen molar-refractivity contribution in [3.63, 3.8) is 0 Å². The van der Waals surface area contributed by atoms with Crippen LogP contribution in [0.5, 0.6) is 0 Å². The maximum Gasteiger partial charge on any atom is 0.189 e. The van der Waals surface area contributed by atoms with E-state index >= 15 is 0 Å². The number of aryl methyl sites for hydroxylation is 1. The van der Waals surface area contributed by atoms with Crippen molar-refractivity contribution in [1.29, 1.82) is 0 Å². The summed E-state index contributed by atoms with van der Waals surface area (Å²) < 4.78 is 0. The molecule has 1 unspecified atom stereocenters. The molecule has 0 bridgehead atoms. The van der Waals surface area contributed by atoms with Crippen LogP contribution in [0.25, 0.3) is 0 Å². The van der Waals surface area contributed by atoms with E-state index in [-0.39, 0.29) is 0 Å². The minimum absolute atomic E-state index is 0.349. The van der Waals surface area contributed by atoms with Crippen molar-refractivity contribution in [3.8, 4) is 0 Å². The topological polar surface area (TPSA) is 28.2 Å². The molecule has 18 heavy (non-hydrogen) atoms. The van der Waals surface area contributed by atoms with E-state index in [9.17, 15) is 0 Å². The third-order valence-electron chi connectivity index (χ3n) is 3.13. The maximum atomic E-state index is 4.51. The number of anilines is 2. The van der Waals surface area contributed by atoms with Crippen LogP contribution in [-0.2, 0) is 0 Å². The highest BCUT2D eigenvalue weighted by atomic mass is 32.1. The molecular weight excluding hydrogens is 242 g/mol. The highest BCUT2D eigenvalue weighted by molar-refractivity contribution is 7.15. The molecule has 0 spiro atoms. The van der Waals surface area contributed by atoms with Crippen LogP contribution in [0.15, 0.2) is 30.5 Å². The monoisotopic (exact) mass is 261 g/mol. The number of nitrogens with zero attached hydrogens (tertiary/aromatic N) is 2. The molecule has 1 aromatic heterocycles. The van der Waals surface area contributed by atoms with Gasteiger partial charge in [0.2, 0.25) is 0 Å². The number of thiazole rings is 1. The van der Waals surface area contributed by atoms with Gasteiger partial charge in [-0.3, -0.25) is 0 Å². The van der Waals surface area contributed by atoms with Crippen LogP contribution in [0.1, 0.15) is 23.4 Å². The zero-order valence-corrected chi connectivity index (χ0v) is 12.1. The summed E-state index contributed by atoms with van der Waals surface area (Å²) in [6, 6.07) is 8.71. The highest BCUT2D eigenvalue weighted by Crippen LogP contribution is 2.32. The Morgan fingerprint density at radius 3 is 2.72 bits per heavy atom. The van der Waals surface area contributed by atoms with Crippen molar-refractivity contribution >= 4 is 22.2 Å². The molecule has 2 aromatic rings. The number of hydrogen-bond donors (Lipinski definition) is 1. The average Bonchev–Trinajstić information content (AvgIpc) is 2.87. The molecule has 0 fully saturated rings. The van der Waals surface area contributed by atoms with Crippen molar-refractivity contribution in [2.24, 2.45) is 0 Å². The van der Waals surface area contributed by atoms with Crippen LogP contribution in [0.4, 0.5) is 10.8 Å². The van der Waals surface area contributed by atoms with Crippen LogP contribution >= 0.6 is 11.3 Å². The maximum absolute atomic E-state index is 4.51. The number of hydrogen-bond acceptors (Lipinski definition) is 4. The van der Waals surface area contributed by atoms with Gasteiger partial charge in [-0.1, -0.05) is 29.5 Å². The molecule has 1 heterocycles. The normalized spacial score (nSPS) is 12.4. The van der Waals surface area contributed by atoms with Gasteiger partial charge >= 0.3 is 0 Å². The molecule has 1 atom stereocenters. The summed E-state index contributed by atoms with van der Waals surface area (Å²) in [5.74, 6) is 0. The summed E-state index contributed by atoms with van der Waals surface area (Å²) in [6.45, 7) is 4.27. The Labute approximate surface area is 112 Å². The van der Waals surface area contributed by atoms with E-state index in [2.05, 4.69) is 60.4 Å². The van der Waals surface area contributed by atoms with E-state index < -0.39 is 0 Å². The molecule has 0 aliphatic carbocycles. The molecule has 0 radical (unpaired) electrons. The van der Waals surface area contributed by atoms with Gasteiger partial charge in [-0.15, -0.1) is 0 Å². The Kier molecular flexibility index (Phi) is 3.99. The molecule has 1 N–H and O–H groups in total. The summed E-state index contributed by atoms with van der Waals surface area (Å²) >= 11 is 1.73. The Morgan fingerprint density at radius 2 is 2.06 bits per heavy atom. The molecular formula is C14H19N3S. The van der Waals surface area contributed by atoms with E-state index in [1.165, 1.54) is 16.1 Å². The van der Waals surface area contributed by atoms with Crippen LogP contribution in [-0.4, -0.2) is 19.1 Å². The first-order valence-corrected chi connectivity index (χ1v) is 6.87.